The Kier molecular flexibility index (Phi) is 6.24. The van der Waals surface area contributed by atoms with Gasteiger partial charge in [-0.05, 0) is 38.0 Å². The molecule has 1 aromatic rings. The van der Waals surface area contributed by atoms with Gasteiger partial charge >= 0.3 is 5.97 Å². The van der Waals surface area contributed by atoms with Crippen molar-refractivity contribution in [2.45, 2.75) is 38.5 Å². The summed E-state index contributed by atoms with van der Waals surface area (Å²) in [6.45, 7) is 9.92. The van der Waals surface area contributed by atoms with Gasteiger partial charge in [0.1, 0.15) is 12.4 Å². The summed E-state index contributed by atoms with van der Waals surface area (Å²) in [6.07, 6.45) is 2.21. The zero-order valence-corrected chi connectivity index (χ0v) is 17.1. The lowest BCUT2D eigenvalue weighted by molar-refractivity contribution is -0.139. The van der Waals surface area contributed by atoms with E-state index in [0.29, 0.717) is 29.5 Å². The van der Waals surface area contributed by atoms with Crippen molar-refractivity contribution in [1.82, 2.24) is 4.90 Å². The molecule has 3 rings (SSSR count). The maximum absolute atomic E-state index is 13.0. The van der Waals surface area contributed by atoms with E-state index in [1.807, 2.05) is 38.1 Å². The molecule has 7 heteroatoms. The van der Waals surface area contributed by atoms with Crippen LogP contribution in [0.2, 0.25) is 0 Å². The second kappa shape index (κ2) is 8.65. The molecule has 2 aliphatic rings. The Morgan fingerprint density at radius 2 is 2.04 bits per heavy atom. The first-order chi connectivity index (χ1) is 13.5. The number of nitrogens with zero attached hydrogens (tertiary/aromatic N) is 2. The van der Waals surface area contributed by atoms with Crippen molar-refractivity contribution >= 4 is 28.8 Å². The summed E-state index contributed by atoms with van der Waals surface area (Å²) in [5, 5.41) is 0.439. The summed E-state index contributed by atoms with van der Waals surface area (Å²) >= 11 is 1.45. The highest BCUT2D eigenvalue weighted by Crippen LogP contribution is 2.44. The molecule has 1 fully saturated rings. The van der Waals surface area contributed by atoms with Crippen molar-refractivity contribution in [3.63, 3.8) is 0 Å². The normalized spacial score (nSPS) is 21.3. The number of rotatable bonds is 7. The van der Waals surface area contributed by atoms with E-state index in [-0.39, 0.29) is 17.8 Å². The molecule has 0 unspecified atom stereocenters. The predicted octanol–water partition coefficient (Wildman–Crippen LogP) is 3.85. The number of amidine groups is 1. The second-order valence-electron chi connectivity index (χ2n) is 6.41. The molecule has 28 heavy (non-hydrogen) atoms. The molecule has 0 N–H and O–H groups in total. The first-order valence-corrected chi connectivity index (χ1v) is 10.2. The summed E-state index contributed by atoms with van der Waals surface area (Å²) in [6, 6.07) is 6.87. The van der Waals surface area contributed by atoms with Crippen LogP contribution < -0.4 is 4.74 Å². The summed E-state index contributed by atoms with van der Waals surface area (Å²) in [7, 11) is 0. The maximum atomic E-state index is 13.0. The van der Waals surface area contributed by atoms with Crippen LogP contribution >= 0.6 is 11.8 Å². The lowest BCUT2D eigenvalue weighted by Crippen LogP contribution is -2.40. The van der Waals surface area contributed by atoms with E-state index >= 15 is 0 Å². The van der Waals surface area contributed by atoms with Crippen molar-refractivity contribution in [2.24, 2.45) is 4.99 Å². The smallest absolute Gasteiger partial charge is 0.338 e. The number of hydrogen-bond acceptors (Lipinski definition) is 6. The topological polar surface area (TPSA) is 68.2 Å². The molecule has 0 aromatic heterocycles. The summed E-state index contributed by atoms with van der Waals surface area (Å²) in [5.74, 6) is 0.212. The summed E-state index contributed by atoms with van der Waals surface area (Å²) in [4.78, 5) is 32.0. The fourth-order valence-electron chi connectivity index (χ4n) is 3.29. The molecule has 1 amide bonds. The SMILES string of the molecule is C=CCOC(=O)C1=C(C)N=C2S[C@H](CC)C(=O)N2[C@H]1c1ccc(OCC)cc1. The third kappa shape index (κ3) is 3.71. The molecule has 1 saturated heterocycles. The van der Waals surface area contributed by atoms with E-state index in [4.69, 9.17) is 9.47 Å². The third-order valence-electron chi connectivity index (χ3n) is 4.58. The third-order valence-corrected chi connectivity index (χ3v) is 5.90. The Labute approximate surface area is 169 Å². The van der Waals surface area contributed by atoms with Crippen LogP contribution in [0, 0.1) is 0 Å². The van der Waals surface area contributed by atoms with Gasteiger partial charge < -0.3 is 9.47 Å². The molecule has 0 saturated carbocycles. The monoisotopic (exact) mass is 400 g/mol. The molecular formula is C21H24N2O4S. The second-order valence-corrected chi connectivity index (χ2v) is 7.58. The van der Waals surface area contributed by atoms with Gasteiger partial charge in [0.25, 0.3) is 0 Å². The van der Waals surface area contributed by atoms with Crippen LogP contribution in [-0.4, -0.2) is 40.4 Å². The number of esters is 1. The van der Waals surface area contributed by atoms with E-state index in [0.717, 1.165) is 11.3 Å². The van der Waals surface area contributed by atoms with Crippen LogP contribution in [0.4, 0.5) is 0 Å². The van der Waals surface area contributed by atoms with Crippen molar-refractivity contribution in [3.05, 3.63) is 53.8 Å². The van der Waals surface area contributed by atoms with Gasteiger partial charge in [-0.25, -0.2) is 9.79 Å². The first-order valence-electron chi connectivity index (χ1n) is 9.31. The van der Waals surface area contributed by atoms with E-state index in [1.54, 1.807) is 11.8 Å². The molecular weight excluding hydrogens is 376 g/mol. The van der Waals surface area contributed by atoms with Gasteiger partial charge in [0, 0.05) is 0 Å². The fourth-order valence-corrected chi connectivity index (χ4v) is 4.42. The Balaban J connectivity index is 2.06. The molecule has 0 bridgehead atoms. The molecule has 2 atom stereocenters. The quantitative estimate of drug-likeness (QED) is 0.514. The van der Waals surface area contributed by atoms with Gasteiger partial charge in [0.05, 0.1) is 29.2 Å². The molecule has 2 aliphatic heterocycles. The highest BCUT2D eigenvalue weighted by molar-refractivity contribution is 8.15. The van der Waals surface area contributed by atoms with E-state index in [2.05, 4.69) is 11.6 Å². The van der Waals surface area contributed by atoms with Crippen molar-refractivity contribution in [1.29, 1.82) is 0 Å². The minimum Gasteiger partial charge on any atom is -0.494 e. The highest BCUT2D eigenvalue weighted by Gasteiger charge is 2.47. The predicted molar refractivity (Wildman–Crippen MR) is 110 cm³/mol. The van der Waals surface area contributed by atoms with Crippen LogP contribution in [0.15, 0.2) is 53.2 Å². The van der Waals surface area contributed by atoms with Gasteiger partial charge in [0.15, 0.2) is 5.17 Å². The summed E-state index contributed by atoms with van der Waals surface area (Å²) < 4.78 is 10.8. The molecule has 0 spiro atoms. The highest BCUT2D eigenvalue weighted by atomic mass is 32.2. The average molecular weight is 401 g/mol. The Hall–Kier alpha value is -2.54. The van der Waals surface area contributed by atoms with Gasteiger partial charge in [-0.15, -0.1) is 0 Å². The zero-order chi connectivity index (χ0) is 20.3. The number of hydrogen-bond donors (Lipinski definition) is 0. The molecule has 6 nitrogen and oxygen atoms in total. The van der Waals surface area contributed by atoms with Crippen LogP contribution in [0.25, 0.3) is 0 Å². The number of carbonyl (C=O) groups excluding carboxylic acids is 2. The Bertz CT molecular complexity index is 844. The van der Waals surface area contributed by atoms with E-state index in [1.165, 1.54) is 17.8 Å². The largest absolute Gasteiger partial charge is 0.494 e. The minimum absolute atomic E-state index is 0.0355. The molecule has 1 aromatic carbocycles. The number of allylic oxidation sites excluding steroid dienone is 1. The number of fused-ring (bicyclic) bond motifs is 1. The van der Waals surface area contributed by atoms with Gasteiger partial charge in [0.2, 0.25) is 5.91 Å². The molecule has 0 radical (unpaired) electrons. The molecule has 2 heterocycles. The number of aliphatic imine (C=N–C) groups is 1. The van der Waals surface area contributed by atoms with Crippen molar-refractivity contribution in [3.8, 4) is 5.75 Å². The van der Waals surface area contributed by atoms with Crippen LogP contribution in [0.5, 0.6) is 5.75 Å². The van der Waals surface area contributed by atoms with E-state index in [9.17, 15) is 9.59 Å². The Morgan fingerprint density at radius 3 is 2.64 bits per heavy atom. The van der Waals surface area contributed by atoms with Crippen LogP contribution in [0.3, 0.4) is 0 Å². The van der Waals surface area contributed by atoms with Gasteiger partial charge in [-0.3, -0.25) is 9.69 Å². The van der Waals surface area contributed by atoms with Crippen LogP contribution in [-0.2, 0) is 14.3 Å². The van der Waals surface area contributed by atoms with Gasteiger partial charge in [-0.2, -0.15) is 0 Å². The van der Waals surface area contributed by atoms with E-state index < -0.39 is 12.0 Å². The zero-order valence-electron chi connectivity index (χ0n) is 16.3. The number of amides is 1. The number of thioether (sulfide) groups is 1. The summed E-state index contributed by atoms with van der Waals surface area (Å²) in [5.41, 5.74) is 1.75. The fraction of sp³-hybridized carbons (Fsp3) is 0.381. The van der Waals surface area contributed by atoms with Crippen molar-refractivity contribution < 1.29 is 19.1 Å². The van der Waals surface area contributed by atoms with Gasteiger partial charge in [-0.1, -0.05) is 43.5 Å². The van der Waals surface area contributed by atoms with Crippen LogP contribution in [0.1, 0.15) is 38.8 Å². The lowest BCUT2D eigenvalue weighted by Gasteiger charge is -2.33. The average Bonchev–Trinajstić information content (AvgIpc) is 3.01. The number of carbonyl (C=O) groups is 2. The standard InChI is InChI=1S/C21H24N2O4S/c1-5-12-27-20(25)17-13(4)22-21-23(19(24)16(6-2)28-21)18(17)14-8-10-15(11-9-14)26-7-3/h5,8-11,16,18H,1,6-7,12H2,2-4H3/t16-,18+/m1/s1. The number of benzene rings is 1. The lowest BCUT2D eigenvalue weighted by atomic mass is 9.94. The maximum Gasteiger partial charge on any atom is 0.338 e. The number of ether oxygens (including phenoxy) is 2. The molecule has 0 aliphatic carbocycles. The van der Waals surface area contributed by atoms with Crippen molar-refractivity contribution in [2.75, 3.05) is 13.2 Å². The molecule has 148 valence electrons. The first kappa shape index (κ1) is 20.2. The Morgan fingerprint density at radius 1 is 1.32 bits per heavy atom. The minimum atomic E-state index is -0.572.